The Labute approximate surface area is 101 Å². The van der Waals surface area contributed by atoms with E-state index in [1.807, 2.05) is 11.8 Å². The summed E-state index contributed by atoms with van der Waals surface area (Å²) in [5.74, 6) is 0.0875. The molecule has 1 heterocycles. The molecule has 0 bridgehead atoms. The standard InChI is InChI=1S/C9H12BrN3OS/c1-6-8(15-12-11-6)9(14)13(5-4-10)7-2-3-7/h7H,2-5H2,1H3. The molecule has 1 aromatic heterocycles. The van der Waals surface area contributed by atoms with Gasteiger partial charge in [-0.05, 0) is 31.3 Å². The number of nitrogens with zero attached hydrogens (tertiary/aromatic N) is 3. The number of hydrogen-bond donors (Lipinski definition) is 0. The molecular weight excluding hydrogens is 278 g/mol. The van der Waals surface area contributed by atoms with Gasteiger partial charge >= 0.3 is 0 Å². The zero-order valence-corrected chi connectivity index (χ0v) is 10.8. The van der Waals surface area contributed by atoms with Gasteiger partial charge in [-0.25, -0.2) is 0 Å². The van der Waals surface area contributed by atoms with E-state index in [0.717, 1.165) is 30.4 Å². The van der Waals surface area contributed by atoms with E-state index >= 15 is 0 Å². The topological polar surface area (TPSA) is 46.1 Å². The molecule has 1 saturated carbocycles. The minimum Gasteiger partial charge on any atom is -0.334 e. The fourth-order valence-electron chi connectivity index (χ4n) is 1.49. The molecule has 1 aliphatic carbocycles. The van der Waals surface area contributed by atoms with Crippen LogP contribution in [0.1, 0.15) is 28.2 Å². The van der Waals surface area contributed by atoms with E-state index in [4.69, 9.17) is 0 Å². The van der Waals surface area contributed by atoms with Gasteiger partial charge < -0.3 is 4.90 Å². The lowest BCUT2D eigenvalue weighted by molar-refractivity contribution is 0.0758. The van der Waals surface area contributed by atoms with Crippen molar-refractivity contribution in [2.45, 2.75) is 25.8 Å². The highest BCUT2D eigenvalue weighted by Crippen LogP contribution is 2.29. The molecule has 2 rings (SSSR count). The molecule has 0 saturated heterocycles. The van der Waals surface area contributed by atoms with Crippen LogP contribution in [-0.2, 0) is 0 Å². The summed E-state index contributed by atoms with van der Waals surface area (Å²) in [6, 6.07) is 0.441. The molecule has 4 nitrogen and oxygen atoms in total. The molecule has 0 radical (unpaired) electrons. The summed E-state index contributed by atoms with van der Waals surface area (Å²) in [7, 11) is 0. The number of alkyl halides is 1. The minimum absolute atomic E-state index is 0.0875. The first-order valence-electron chi connectivity index (χ1n) is 4.90. The number of carbonyl (C=O) groups is 1. The van der Waals surface area contributed by atoms with Gasteiger partial charge in [-0.15, -0.1) is 5.10 Å². The van der Waals surface area contributed by atoms with Gasteiger partial charge in [0.15, 0.2) is 0 Å². The fraction of sp³-hybridized carbons (Fsp3) is 0.667. The van der Waals surface area contributed by atoms with Gasteiger partial charge in [-0.2, -0.15) is 0 Å². The molecule has 0 aromatic carbocycles. The van der Waals surface area contributed by atoms with Crippen LogP contribution in [-0.4, -0.2) is 38.3 Å². The monoisotopic (exact) mass is 289 g/mol. The Morgan fingerprint density at radius 2 is 2.40 bits per heavy atom. The molecule has 0 unspecified atom stereocenters. The third-order valence-corrected chi connectivity index (χ3v) is 3.59. The molecular formula is C9H12BrN3OS. The Balaban J connectivity index is 2.14. The summed E-state index contributed by atoms with van der Waals surface area (Å²) in [4.78, 5) is 14.7. The van der Waals surface area contributed by atoms with Crippen molar-refractivity contribution in [2.75, 3.05) is 11.9 Å². The van der Waals surface area contributed by atoms with Crippen molar-refractivity contribution in [3.05, 3.63) is 10.6 Å². The molecule has 0 spiro atoms. The van der Waals surface area contributed by atoms with Crippen LogP contribution < -0.4 is 0 Å². The second kappa shape index (κ2) is 4.57. The molecule has 82 valence electrons. The first-order chi connectivity index (χ1) is 7.24. The maximum Gasteiger partial charge on any atom is 0.267 e. The van der Waals surface area contributed by atoms with Crippen molar-refractivity contribution in [3.8, 4) is 0 Å². The quantitative estimate of drug-likeness (QED) is 0.795. The van der Waals surface area contributed by atoms with E-state index in [1.165, 1.54) is 11.5 Å². The SMILES string of the molecule is Cc1nnsc1C(=O)N(CCBr)C1CC1. The summed E-state index contributed by atoms with van der Waals surface area (Å²) in [5.41, 5.74) is 0.741. The lowest BCUT2D eigenvalue weighted by atomic mass is 10.3. The first kappa shape index (κ1) is 11.0. The highest BCUT2D eigenvalue weighted by molar-refractivity contribution is 9.09. The summed E-state index contributed by atoms with van der Waals surface area (Å²) in [6.07, 6.45) is 2.26. The van der Waals surface area contributed by atoms with Gasteiger partial charge in [0.25, 0.3) is 5.91 Å². The number of aromatic nitrogens is 2. The Morgan fingerprint density at radius 3 is 2.87 bits per heavy atom. The van der Waals surface area contributed by atoms with Crippen molar-refractivity contribution < 1.29 is 4.79 Å². The van der Waals surface area contributed by atoms with Crippen LogP contribution in [0.2, 0.25) is 0 Å². The van der Waals surface area contributed by atoms with Crippen molar-refractivity contribution in [3.63, 3.8) is 0 Å². The van der Waals surface area contributed by atoms with Gasteiger partial charge in [0, 0.05) is 17.9 Å². The van der Waals surface area contributed by atoms with E-state index in [0.29, 0.717) is 10.9 Å². The molecule has 15 heavy (non-hydrogen) atoms. The van der Waals surface area contributed by atoms with Crippen LogP contribution >= 0.6 is 27.5 Å². The van der Waals surface area contributed by atoms with Gasteiger partial charge in [-0.3, -0.25) is 4.79 Å². The lowest BCUT2D eigenvalue weighted by Crippen LogP contribution is -2.34. The molecule has 1 amide bonds. The number of rotatable bonds is 4. The number of carbonyl (C=O) groups excluding carboxylic acids is 1. The Morgan fingerprint density at radius 1 is 1.67 bits per heavy atom. The number of halogens is 1. The molecule has 0 atom stereocenters. The number of amides is 1. The fourth-order valence-corrected chi connectivity index (χ4v) is 2.48. The van der Waals surface area contributed by atoms with E-state index in [2.05, 4.69) is 25.5 Å². The Kier molecular flexibility index (Phi) is 3.35. The van der Waals surface area contributed by atoms with Gasteiger partial charge in [0.05, 0.1) is 5.69 Å². The van der Waals surface area contributed by atoms with Crippen LogP contribution in [0.3, 0.4) is 0 Å². The van der Waals surface area contributed by atoms with Crippen molar-refractivity contribution >= 4 is 33.4 Å². The molecule has 0 aliphatic heterocycles. The molecule has 1 aliphatic rings. The van der Waals surface area contributed by atoms with Crippen LogP contribution in [0.25, 0.3) is 0 Å². The second-order valence-electron chi connectivity index (χ2n) is 3.61. The highest BCUT2D eigenvalue weighted by atomic mass is 79.9. The van der Waals surface area contributed by atoms with Crippen LogP contribution in [0.4, 0.5) is 0 Å². The van der Waals surface area contributed by atoms with Crippen LogP contribution in [0.15, 0.2) is 0 Å². The minimum atomic E-state index is 0.0875. The third kappa shape index (κ3) is 2.36. The van der Waals surface area contributed by atoms with Crippen molar-refractivity contribution in [1.82, 2.24) is 14.5 Å². The zero-order valence-electron chi connectivity index (χ0n) is 8.44. The highest BCUT2D eigenvalue weighted by Gasteiger charge is 2.33. The first-order valence-corrected chi connectivity index (χ1v) is 6.79. The second-order valence-corrected chi connectivity index (χ2v) is 5.15. The molecule has 1 aromatic rings. The average Bonchev–Trinajstić information content (AvgIpc) is 2.97. The lowest BCUT2D eigenvalue weighted by Gasteiger charge is -2.20. The van der Waals surface area contributed by atoms with Crippen molar-refractivity contribution in [2.24, 2.45) is 0 Å². The van der Waals surface area contributed by atoms with Crippen molar-refractivity contribution in [1.29, 1.82) is 0 Å². The summed E-state index contributed by atoms with van der Waals surface area (Å²) < 4.78 is 3.80. The summed E-state index contributed by atoms with van der Waals surface area (Å²) >= 11 is 4.56. The van der Waals surface area contributed by atoms with Crippen LogP contribution in [0.5, 0.6) is 0 Å². The maximum atomic E-state index is 12.1. The number of hydrogen-bond acceptors (Lipinski definition) is 4. The molecule has 1 fully saturated rings. The van der Waals surface area contributed by atoms with E-state index < -0.39 is 0 Å². The molecule has 6 heteroatoms. The summed E-state index contributed by atoms with van der Waals surface area (Å²) in [5, 5.41) is 4.69. The van der Waals surface area contributed by atoms with Gasteiger partial charge in [-0.1, -0.05) is 20.4 Å². The van der Waals surface area contributed by atoms with E-state index in [1.54, 1.807) is 0 Å². The smallest absolute Gasteiger partial charge is 0.267 e. The predicted octanol–water partition coefficient (Wildman–Crippen LogP) is 1.85. The van der Waals surface area contributed by atoms with E-state index in [9.17, 15) is 4.79 Å². The normalized spacial score (nSPS) is 15.3. The third-order valence-electron chi connectivity index (χ3n) is 2.42. The number of aryl methyl sites for hydroxylation is 1. The average molecular weight is 290 g/mol. The zero-order chi connectivity index (χ0) is 10.8. The Bertz CT molecular complexity index is 364. The summed E-state index contributed by atoms with van der Waals surface area (Å²) in [6.45, 7) is 2.59. The van der Waals surface area contributed by atoms with Gasteiger partial charge in [0.2, 0.25) is 0 Å². The maximum absolute atomic E-state index is 12.1. The van der Waals surface area contributed by atoms with Crippen LogP contribution in [0, 0.1) is 6.92 Å². The van der Waals surface area contributed by atoms with Gasteiger partial charge in [0.1, 0.15) is 4.88 Å². The predicted molar refractivity (Wildman–Crippen MR) is 62.5 cm³/mol. The largest absolute Gasteiger partial charge is 0.334 e. The van der Waals surface area contributed by atoms with E-state index in [-0.39, 0.29) is 5.91 Å². The molecule has 0 N–H and O–H groups in total. The Hall–Kier alpha value is -0.490.